The maximum atomic E-state index is 10.8. The minimum atomic E-state index is -0.929. The molecule has 0 aliphatic carbocycles. The highest BCUT2D eigenvalue weighted by Crippen LogP contribution is 2.10. The predicted molar refractivity (Wildman–Crippen MR) is 68.3 cm³/mol. The van der Waals surface area contributed by atoms with E-state index >= 15 is 0 Å². The Morgan fingerprint density at radius 1 is 1.16 bits per heavy atom. The van der Waals surface area contributed by atoms with Crippen LogP contribution in [0.5, 0.6) is 0 Å². The normalized spacial score (nSPS) is 16.3. The number of hydrogen-bond donors (Lipinski definition) is 2. The number of amides is 1. The van der Waals surface area contributed by atoms with Crippen LogP contribution in [0.2, 0.25) is 0 Å². The van der Waals surface area contributed by atoms with Crippen LogP contribution in [-0.4, -0.2) is 58.3 Å². The lowest BCUT2D eigenvalue weighted by molar-refractivity contribution is 0.0696. The summed E-state index contributed by atoms with van der Waals surface area (Å²) < 4.78 is 0. The molecule has 2 N–H and O–H groups in total. The van der Waals surface area contributed by atoms with Crippen LogP contribution in [-0.2, 0) is 6.54 Å². The van der Waals surface area contributed by atoms with Crippen LogP contribution < -0.4 is 0 Å². The van der Waals surface area contributed by atoms with E-state index in [-0.39, 0.29) is 5.56 Å². The van der Waals surface area contributed by atoms with Gasteiger partial charge >= 0.3 is 12.1 Å². The Kier molecular flexibility index (Phi) is 4.01. The third kappa shape index (κ3) is 3.45. The van der Waals surface area contributed by atoms with Crippen molar-refractivity contribution in [2.75, 3.05) is 26.2 Å². The highest BCUT2D eigenvalue weighted by Gasteiger charge is 2.20. The first kappa shape index (κ1) is 13.4. The summed E-state index contributed by atoms with van der Waals surface area (Å²) in [5, 5.41) is 17.7. The molecule has 1 aliphatic heterocycles. The van der Waals surface area contributed by atoms with E-state index < -0.39 is 12.1 Å². The van der Waals surface area contributed by atoms with Gasteiger partial charge in [-0.25, -0.2) is 9.59 Å². The summed E-state index contributed by atoms with van der Waals surface area (Å²) in [5.41, 5.74) is 1.31. The first-order valence-electron chi connectivity index (χ1n) is 6.09. The zero-order valence-corrected chi connectivity index (χ0v) is 10.5. The van der Waals surface area contributed by atoms with Gasteiger partial charge in [-0.15, -0.1) is 0 Å². The molecule has 2 rings (SSSR count). The van der Waals surface area contributed by atoms with Crippen LogP contribution in [0.25, 0.3) is 0 Å². The number of carboxylic acids is 1. The summed E-state index contributed by atoms with van der Waals surface area (Å²) in [7, 11) is 0. The molecule has 0 aromatic heterocycles. The van der Waals surface area contributed by atoms with Gasteiger partial charge < -0.3 is 15.1 Å². The van der Waals surface area contributed by atoms with Gasteiger partial charge in [-0.05, 0) is 17.7 Å². The molecule has 1 heterocycles. The topological polar surface area (TPSA) is 81.1 Å². The molecule has 1 fully saturated rings. The number of benzene rings is 1. The highest BCUT2D eigenvalue weighted by atomic mass is 16.6. The fourth-order valence-electron chi connectivity index (χ4n) is 2.11. The standard InChI is InChI=1S/C13H16N2O4/c16-12(17)11-3-1-10(2-4-11)9-14-5-7-15(8-6-14)13(18)19/h1-4H,5-9H2,(H,16,17)(H,18,19)/i12+2. The molecule has 6 heteroatoms. The van der Waals surface area contributed by atoms with Crippen LogP contribution in [0.15, 0.2) is 24.3 Å². The van der Waals surface area contributed by atoms with Crippen molar-refractivity contribution in [1.82, 2.24) is 9.80 Å². The number of aromatic carboxylic acids is 1. The number of piperazine rings is 1. The van der Waals surface area contributed by atoms with E-state index in [0.717, 1.165) is 5.56 Å². The third-order valence-electron chi connectivity index (χ3n) is 3.25. The van der Waals surface area contributed by atoms with Gasteiger partial charge in [0.15, 0.2) is 0 Å². The monoisotopic (exact) mass is 266 g/mol. The lowest BCUT2D eigenvalue weighted by Gasteiger charge is -2.33. The van der Waals surface area contributed by atoms with Crippen LogP contribution in [0, 0.1) is 0 Å². The van der Waals surface area contributed by atoms with Crippen molar-refractivity contribution in [2.24, 2.45) is 0 Å². The first-order valence-corrected chi connectivity index (χ1v) is 6.09. The van der Waals surface area contributed by atoms with Crippen molar-refractivity contribution in [3.05, 3.63) is 35.4 Å². The van der Waals surface area contributed by atoms with Crippen LogP contribution in [0.4, 0.5) is 4.79 Å². The van der Waals surface area contributed by atoms with Gasteiger partial charge in [-0.1, -0.05) is 12.1 Å². The first-order chi connectivity index (χ1) is 9.06. The molecule has 6 nitrogen and oxygen atoms in total. The van der Waals surface area contributed by atoms with E-state index in [1.807, 2.05) is 0 Å². The van der Waals surface area contributed by atoms with Gasteiger partial charge in [-0.3, -0.25) is 4.90 Å². The molecule has 1 aliphatic rings. The fraction of sp³-hybridized carbons (Fsp3) is 0.385. The number of carbonyl (C=O) groups is 2. The molecule has 0 unspecified atom stereocenters. The molecule has 0 saturated carbocycles. The van der Waals surface area contributed by atoms with Crippen molar-refractivity contribution in [2.45, 2.75) is 6.54 Å². The summed E-state index contributed by atoms with van der Waals surface area (Å²) in [6.45, 7) is 3.15. The van der Waals surface area contributed by atoms with E-state index in [0.29, 0.717) is 32.7 Å². The Balaban J connectivity index is 1.88. The average Bonchev–Trinajstić information content (AvgIpc) is 2.40. The summed E-state index contributed by atoms with van der Waals surface area (Å²) in [6.07, 6.45) is -0.870. The van der Waals surface area contributed by atoms with E-state index in [1.165, 1.54) is 4.90 Å². The molecule has 1 aromatic rings. The number of rotatable bonds is 3. The largest absolute Gasteiger partial charge is 0.478 e. The van der Waals surface area contributed by atoms with Crippen LogP contribution >= 0.6 is 0 Å². The lowest BCUT2D eigenvalue weighted by atomic mass is 10.2. The number of hydrogen-bond acceptors (Lipinski definition) is 3. The quantitative estimate of drug-likeness (QED) is 0.858. The Hall–Kier alpha value is -2.08. The number of nitrogens with zero attached hydrogens (tertiary/aromatic N) is 2. The minimum Gasteiger partial charge on any atom is -0.478 e. The summed E-state index contributed by atoms with van der Waals surface area (Å²) in [4.78, 5) is 25.1. The second kappa shape index (κ2) is 5.71. The van der Waals surface area contributed by atoms with Gasteiger partial charge in [0.1, 0.15) is 0 Å². The molecule has 1 aromatic carbocycles. The predicted octanol–water partition coefficient (Wildman–Crippen LogP) is 1.18. The second-order valence-electron chi connectivity index (χ2n) is 4.55. The zero-order chi connectivity index (χ0) is 13.8. The van der Waals surface area contributed by atoms with Gasteiger partial charge in [0, 0.05) is 32.7 Å². The van der Waals surface area contributed by atoms with E-state index in [4.69, 9.17) is 10.2 Å². The molecule has 1 amide bonds. The average molecular weight is 266 g/mol. The van der Waals surface area contributed by atoms with Crippen LogP contribution in [0.1, 0.15) is 15.9 Å². The lowest BCUT2D eigenvalue weighted by Crippen LogP contribution is -2.47. The SMILES string of the molecule is O=C(O)N1CCN(Cc2ccc([14C](=O)O)cc2)CC1. The second-order valence-corrected chi connectivity index (χ2v) is 4.55. The Labute approximate surface area is 110 Å². The van der Waals surface area contributed by atoms with Crippen molar-refractivity contribution in [1.29, 1.82) is 0 Å². The summed E-state index contributed by atoms with van der Waals surface area (Å²) in [6, 6.07) is 6.77. The summed E-state index contributed by atoms with van der Waals surface area (Å²) >= 11 is 0. The molecule has 102 valence electrons. The van der Waals surface area contributed by atoms with Crippen molar-refractivity contribution < 1.29 is 19.8 Å². The Morgan fingerprint density at radius 3 is 2.21 bits per heavy atom. The Morgan fingerprint density at radius 2 is 1.74 bits per heavy atom. The maximum absolute atomic E-state index is 10.8. The molecule has 0 radical (unpaired) electrons. The van der Waals surface area contributed by atoms with E-state index in [1.54, 1.807) is 24.3 Å². The fourth-order valence-corrected chi connectivity index (χ4v) is 2.11. The van der Waals surface area contributed by atoms with Crippen molar-refractivity contribution in [3.8, 4) is 0 Å². The van der Waals surface area contributed by atoms with Gasteiger partial charge in [-0.2, -0.15) is 0 Å². The Bertz CT molecular complexity index is 464. The van der Waals surface area contributed by atoms with Gasteiger partial charge in [0.05, 0.1) is 5.56 Å². The zero-order valence-electron chi connectivity index (χ0n) is 10.5. The molecule has 1 saturated heterocycles. The van der Waals surface area contributed by atoms with Gasteiger partial charge in [0.2, 0.25) is 0 Å². The highest BCUT2D eigenvalue weighted by molar-refractivity contribution is 5.87. The molecule has 0 bridgehead atoms. The van der Waals surface area contributed by atoms with Crippen LogP contribution in [0.3, 0.4) is 0 Å². The molecule has 0 atom stereocenters. The summed E-state index contributed by atoms with van der Waals surface area (Å²) in [5.74, 6) is -0.929. The van der Waals surface area contributed by atoms with E-state index in [9.17, 15) is 9.59 Å². The molecule has 0 spiro atoms. The van der Waals surface area contributed by atoms with Crippen molar-refractivity contribution in [3.63, 3.8) is 0 Å². The molecule has 19 heavy (non-hydrogen) atoms. The third-order valence-corrected chi connectivity index (χ3v) is 3.25. The number of carboxylic acid groups (broad SMARTS) is 2. The van der Waals surface area contributed by atoms with E-state index in [2.05, 4.69) is 4.90 Å². The smallest absolute Gasteiger partial charge is 0.407 e. The minimum absolute atomic E-state index is 0.277. The maximum Gasteiger partial charge on any atom is 0.407 e. The molecular weight excluding hydrogens is 250 g/mol. The van der Waals surface area contributed by atoms with Gasteiger partial charge in [0.25, 0.3) is 0 Å². The molecular formula is C13H16N2O4. The van der Waals surface area contributed by atoms with Crippen molar-refractivity contribution >= 4 is 12.1 Å².